The molecule has 5 nitrogen and oxygen atoms in total. The molecule has 112 valence electrons. The summed E-state index contributed by atoms with van der Waals surface area (Å²) in [4.78, 5) is 8.84. The Labute approximate surface area is 125 Å². The number of aromatic nitrogens is 1. The van der Waals surface area contributed by atoms with Gasteiger partial charge in [0.2, 0.25) is 0 Å². The Hall–Kier alpha value is -1.85. The third kappa shape index (κ3) is 2.66. The molecule has 21 heavy (non-hydrogen) atoms. The van der Waals surface area contributed by atoms with Gasteiger partial charge < -0.3 is 20.6 Å². The number of hydrogen-bond donors (Lipinski definition) is 2. The summed E-state index contributed by atoms with van der Waals surface area (Å²) in [7, 11) is 4.12. The Bertz CT molecular complexity index is 643. The smallest absolute Gasteiger partial charge is 0.0951 e. The number of nitrogen functional groups attached to an aromatic ring is 1. The van der Waals surface area contributed by atoms with Crippen LogP contribution in [-0.4, -0.2) is 54.3 Å². The lowest BCUT2D eigenvalue weighted by Gasteiger charge is -2.29. The second-order valence-corrected chi connectivity index (χ2v) is 6.03. The minimum absolute atomic E-state index is 0.278. The first-order chi connectivity index (χ1) is 10.1. The number of aliphatic hydroxyl groups is 1. The molecule has 2 atom stereocenters. The van der Waals surface area contributed by atoms with E-state index in [-0.39, 0.29) is 6.10 Å². The Morgan fingerprint density at radius 1 is 1.38 bits per heavy atom. The Balaban J connectivity index is 2.04. The van der Waals surface area contributed by atoms with E-state index in [2.05, 4.69) is 28.9 Å². The molecule has 2 aromatic rings. The first-order valence-corrected chi connectivity index (χ1v) is 7.29. The van der Waals surface area contributed by atoms with Gasteiger partial charge in [0.15, 0.2) is 0 Å². The van der Waals surface area contributed by atoms with Crippen molar-refractivity contribution in [2.45, 2.75) is 18.6 Å². The van der Waals surface area contributed by atoms with E-state index in [9.17, 15) is 5.11 Å². The van der Waals surface area contributed by atoms with E-state index >= 15 is 0 Å². The van der Waals surface area contributed by atoms with Crippen molar-refractivity contribution in [3.63, 3.8) is 0 Å². The van der Waals surface area contributed by atoms with Gasteiger partial charge in [-0.1, -0.05) is 12.1 Å². The molecule has 2 heterocycles. The largest absolute Gasteiger partial charge is 0.397 e. The Morgan fingerprint density at radius 2 is 2.19 bits per heavy atom. The van der Waals surface area contributed by atoms with Crippen molar-refractivity contribution >= 4 is 22.3 Å². The highest BCUT2D eigenvalue weighted by Gasteiger charge is 2.32. The number of likely N-dealkylation sites (N-methyl/N-ethyl adjacent to an activating group) is 1. The summed E-state index contributed by atoms with van der Waals surface area (Å²) in [5.41, 5.74) is 8.66. The summed E-state index contributed by atoms with van der Waals surface area (Å²) < 4.78 is 0. The van der Waals surface area contributed by atoms with Crippen molar-refractivity contribution in [1.29, 1.82) is 0 Å². The number of para-hydroxylation sites is 1. The highest BCUT2D eigenvalue weighted by Crippen LogP contribution is 2.33. The van der Waals surface area contributed by atoms with Gasteiger partial charge in [0.1, 0.15) is 0 Å². The summed E-state index contributed by atoms with van der Waals surface area (Å²) in [5.74, 6) is 0. The molecule has 2 unspecified atom stereocenters. The molecule has 1 aromatic carbocycles. The van der Waals surface area contributed by atoms with Crippen LogP contribution in [0, 0.1) is 0 Å². The van der Waals surface area contributed by atoms with Crippen LogP contribution in [0.15, 0.2) is 30.5 Å². The van der Waals surface area contributed by atoms with Crippen molar-refractivity contribution in [3.05, 3.63) is 30.5 Å². The third-order valence-electron chi connectivity index (χ3n) is 4.06. The molecule has 1 aliphatic rings. The highest BCUT2D eigenvalue weighted by molar-refractivity contribution is 5.98. The lowest BCUT2D eigenvalue weighted by Crippen LogP contribution is -2.37. The summed E-state index contributed by atoms with van der Waals surface area (Å²) >= 11 is 0. The molecular weight excluding hydrogens is 264 g/mol. The normalized spacial score (nSPS) is 22.4. The second kappa shape index (κ2) is 5.50. The number of β-amino-alcohol motifs (C(OH)–C–C–N with tert-alkyl or cyclic N) is 1. The first kappa shape index (κ1) is 14.1. The predicted octanol–water partition coefficient (Wildman–Crippen LogP) is 1.32. The fraction of sp³-hybridized carbons (Fsp3) is 0.438. The molecule has 1 saturated heterocycles. The van der Waals surface area contributed by atoms with Crippen molar-refractivity contribution in [2.75, 3.05) is 37.8 Å². The van der Waals surface area contributed by atoms with Gasteiger partial charge >= 0.3 is 0 Å². The third-order valence-corrected chi connectivity index (χ3v) is 4.06. The Kier molecular flexibility index (Phi) is 3.69. The van der Waals surface area contributed by atoms with E-state index in [4.69, 9.17) is 5.73 Å². The van der Waals surface area contributed by atoms with Crippen LogP contribution in [0.4, 0.5) is 11.4 Å². The number of fused-ring (bicyclic) bond motifs is 1. The molecular formula is C16H22N4O. The van der Waals surface area contributed by atoms with Gasteiger partial charge in [0.25, 0.3) is 0 Å². The molecule has 1 fully saturated rings. The maximum Gasteiger partial charge on any atom is 0.0951 e. The number of nitrogens with two attached hydrogens (primary N) is 1. The number of hydrogen-bond acceptors (Lipinski definition) is 5. The maximum atomic E-state index is 10.1. The number of pyridine rings is 1. The Morgan fingerprint density at radius 3 is 2.95 bits per heavy atom. The van der Waals surface area contributed by atoms with Gasteiger partial charge in [0.05, 0.1) is 17.3 Å². The first-order valence-electron chi connectivity index (χ1n) is 7.29. The average Bonchev–Trinajstić information content (AvgIpc) is 2.78. The van der Waals surface area contributed by atoms with Crippen LogP contribution in [0.2, 0.25) is 0 Å². The predicted molar refractivity (Wildman–Crippen MR) is 86.5 cm³/mol. The number of rotatable bonds is 3. The number of benzene rings is 1. The van der Waals surface area contributed by atoms with Gasteiger partial charge in [-0.25, -0.2) is 0 Å². The molecule has 0 aliphatic carbocycles. The minimum atomic E-state index is -0.278. The van der Waals surface area contributed by atoms with Crippen molar-refractivity contribution in [3.8, 4) is 0 Å². The van der Waals surface area contributed by atoms with Crippen LogP contribution >= 0.6 is 0 Å². The highest BCUT2D eigenvalue weighted by atomic mass is 16.3. The van der Waals surface area contributed by atoms with Crippen LogP contribution in [-0.2, 0) is 0 Å². The van der Waals surface area contributed by atoms with Crippen LogP contribution in [0.5, 0.6) is 0 Å². The molecule has 5 heteroatoms. The summed E-state index contributed by atoms with van der Waals surface area (Å²) in [5, 5.41) is 11.1. The standard InChI is InChI=1S/C16H22N4O/c1-19(2)9-11-8-12(21)10-20(11)15-6-7-18-16-13(15)4-3-5-14(16)17/h3-7,11-12,21H,8-10,17H2,1-2H3. The number of anilines is 2. The SMILES string of the molecule is CN(C)CC1CC(O)CN1c1ccnc2c(N)cccc12. The maximum absolute atomic E-state index is 10.1. The molecule has 0 amide bonds. The van der Waals surface area contributed by atoms with Crippen molar-refractivity contribution in [1.82, 2.24) is 9.88 Å². The summed E-state index contributed by atoms with van der Waals surface area (Å²) in [6.07, 6.45) is 2.31. The van der Waals surface area contributed by atoms with E-state index in [0.717, 1.165) is 29.6 Å². The quantitative estimate of drug-likeness (QED) is 0.833. The molecule has 0 radical (unpaired) electrons. The van der Waals surface area contributed by atoms with Gasteiger partial charge in [-0.2, -0.15) is 0 Å². The molecule has 3 rings (SSSR count). The van der Waals surface area contributed by atoms with Gasteiger partial charge in [-0.15, -0.1) is 0 Å². The zero-order chi connectivity index (χ0) is 15.0. The number of nitrogens with zero attached hydrogens (tertiary/aromatic N) is 3. The molecule has 1 aromatic heterocycles. The fourth-order valence-corrected chi connectivity index (χ4v) is 3.22. The summed E-state index contributed by atoms with van der Waals surface area (Å²) in [6.45, 7) is 1.58. The second-order valence-electron chi connectivity index (χ2n) is 6.03. The van der Waals surface area contributed by atoms with Crippen molar-refractivity contribution < 1.29 is 5.11 Å². The van der Waals surface area contributed by atoms with Crippen LogP contribution in [0.3, 0.4) is 0 Å². The fourth-order valence-electron chi connectivity index (χ4n) is 3.22. The molecule has 0 bridgehead atoms. The molecule has 3 N–H and O–H groups in total. The van der Waals surface area contributed by atoms with Crippen LogP contribution < -0.4 is 10.6 Å². The van der Waals surface area contributed by atoms with E-state index < -0.39 is 0 Å². The monoisotopic (exact) mass is 286 g/mol. The molecule has 0 spiro atoms. The van der Waals surface area contributed by atoms with Crippen molar-refractivity contribution in [2.24, 2.45) is 0 Å². The molecule has 0 saturated carbocycles. The van der Waals surface area contributed by atoms with E-state index in [0.29, 0.717) is 18.3 Å². The minimum Gasteiger partial charge on any atom is -0.397 e. The van der Waals surface area contributed by atoms with E-state index in [1.807, 2.05) is 24.3 Å². The van der Waals surface area contributed by atoms with E-state index in [1.165, 1.54) is 0 Å². The van der Waals surface area contributed by atoms with Gasteiger partial charge in [-0.3, -0.25) is 4.98 Å². The lowest BCUT2D eigenvalue weighted by atomic mass is 10.1. The average molecular weight is 286 g/mol. The topological polar surface area (TPSA) is 65.6 Å². The van der Waals surface area contributed by atoms with E-state index in [1.54, 1.807) is 6.20 Å². The molecule has 1 aliphatic heterocycles. The lowest BCUT2D eigenvalue weighted by molar-refractivity contribution is 0.191. The summed E-state index contributed by atoms with van der Waals surface area (Å²) in [6, 6.07) is 8.20. The van der Waals surface area contributed by atoms with Crippen LogP contribution in [0.1, 0.15) is 6.42 Å². The van der Waals surface area contributed by atoms with Crippen LogP contribution in [0.25, 0.3) is 10.9 Å². The zero-order valence-electron chi connectivity index (χ0n) is 12.5. The number of aliphatic hydroxyl groups excluding tert-OH is 1. The van der Waals surface area contributed by atoms with Gasteiger partial charge in [-0.05, 0) is 32.6 Å². The zero-order valence-corrected chi connectivity index (χ0v) is 12.5. The van der Waals surface area contributed by atoms with Gasteiger partial charge in [0, 0.05) is 36.4 Å².